The van der Waals surface area contributed by atoms with Gasteiger partial charge in [-0.3, -0.25) is 0 Å². The van der Waals surface area contributed by atoms with Gasteiger partial charge in [0.1, 0.15) is 0 Å². The zero-order chi connectivity index (χ0) is 15.5. The first-order chi connectivity index (χ1) is 9.35. The van der Waals surface area contributed by atoms with E-state index in [4.69, 9.17) is 0 Å². The molecule has 1 aliphatic rings. The lowest BCUT2D eigenvalue weighted by molar-refractivity contribution is 0.179. The highest BCUT2D eigenvalue weighted by molar-refractivity contribution is 5.11. The maximum absolute atomic E-state index is 2.60. The lowest BCUT2D eigenvalue weighted by atomic mass is 9.74. The molecule has 0 heterocycles. The topological polar surface area (TPSA) is 0 Å². The van der Waals surface area contributed by atoms with E-state index in [0.29, 0.717) is 5.41 Å². The van der Waals surface area contributed by atoms with Crippen molar-refractivity contribution >= 4 is 0 Å². The Labute approximate surface area is 129 Å². The summed E-state index contributed by atoms with van der Waals surface area (Å²) in [5, 5.41) is 0. The van der Waals surface area contributed by atoms with Crippen LogP contribution in [0.15, 0.2) is 0 Å². The molecule has 0 nitrogen and oxygen atoms in total. The quantitative estimate of drug-likeness (QED) is 0.436. The van der Waals surface area contributed by atoms with Crippen molar-refractivity contribution in [1.29, 1.82) is 0 Å². The maximum atomic E-state index is 2.60. The van der Waals surface area contributed by atoms with Crippen LogP contribution in [-0.4, -0.2) is 0 Å². The lowest BCUT2D eigenvalue weighted by Gasteiger charge is -2.31. The average Bonchev–Trinajstić information content (AvgIpc) is 3.00. The van der Waals surface area contributed by atoms with E-state index < -0.39 is 0 Å². The molecule has 0 aliphatic heterocycles. The highest BCUT2D eigenvalue weighted by Crippen LogP contribution is 2.69. The zero-order valence-electron chi connectivity index (χ0n) is 15.5. The van der Waals surface area contributed by atoms with Crippen molar-refractivity contribution in [3.05, 3.63) is 0 Å². The Morgan fingerprint density at radius 1 is 0.950 bits per heavy atom. The van der Waals surface area contributed by atoms with Crippen LogP contribution in [0.1, 0.15) is 87.5 Å². The second-order valence-corrected chi connectivity index (χ2v) is 8.05. The summed E-state index contributed by atoms with van der Waals surface area (Å²) in [7, 11) is 0. The van der Waals surface area contributed by atoms with Crippen molar-refractivity contribution in [2.45, 2.75) is 87.5 Å². The van der Waals surface area contributed by atoms with Crippen LogP contribution in [-0.2, 0) is 0 Å². The van der Waals surface area contributed by atoms with E-state index in [2.05, 4.69) is 55.4 Å². The van der Waals surface area contributed by atoms with Crippen LogP contribution < -0.4 is 0 Å². The minimum absolute atomic E-state index is 0.608. The van der Waals surface area contributed by atoms with Gasteiger partial charge in [-0.25, -0.2) is 0 Å². The van der Waals surface area contributed by atoms with Crippen LogP contribution in [0, 0.1) is 40.9 Å². The summed E-state index contributed by atoms with van der Waals surface area (Å²) in [4.78, 5) is 0. The Bertz CT molecular complexity index is 282. The van der Waals surface area contributed by atoms with Gasteiger partial charge in [0, 0.05) is 0 Å². The summed E-state index contributed by atoms with van der Waals surface area (Å²) in [6, 6.07) is 0. The van der Waals surface area contributed by atoms with E-state index >= 15 is 0 Å². The third-order valence-corrected chi connectivity index (χ3v) is 7.33. The van der Waals surface area contributed by atoms with Crippen molar-refractivity contribution < 1.29 is 0 Å². The molecule has 0 aromatic heterocycles. The zero-order valence-corrected chi connectivity index (χ0v) is 15.5. The summed E-state index contributed by atoms with van der Waals surface area (Å²) in [6.07, 6.45) is 6.92. The Morgan fingerprint density at radius 2 is 1.50 bits per heavy atom. The predicted octanol–water partition coefficient (Wildman–Crippen LogP) is 6.79. The summed E-state index contributed by atoms with van der Waals surface area (Å²) in [5.41, 5.74) is 0.608. The molecule has 0 spiro atoms. The molecule has 0 radical (unpaired) electrons. The number of hydrogen-bond donors (Lipinski definition) is 0. The van der Waals surface area contributed by atoms with Crippen LogP contribution in [0.25, 0.3) is 0 Å². The van der Waals surface area contributed by atoms with E-state index in [-0.39, 0.29) is 0 Å². The van der Waals surface area contributed by atoms with Gasteiger partial charge in [-0.1, -0.05) is 81.1 Å². The molecule has 0 saturated heterocycles. The molecule has 0 amide bonds. The van der Waals surface area contributed by atoms with E-state index in [1.165, 1.54) is 32.1 Å². The van der Waals surface area contributed by atoms with Crippen LogP contribution in [0.3, 0.4) is 0 Å². The Balaban J connectivity index is 2.82. The summed E-state index contributed by atoms with van der Waals surface area (Å²) >= 11 is 0. The molecular formula is C20H40. The minimum atomic E-state index is 0.608. The van der Waals surface area contributed by atoms with Gasteiger partial charge in [0.15, 0.2) is 0 Å². The summed E-state index contributed by atoms with van der Waals surface area (Å²) in [6.45, 7) is 19.7. The molecule has 20 heavy (non-hydrogen) atoms. The first kappa shape index (κ1) is 18.1. The molecule has 120 valence electrons. The van der Waals surface area contributed by atoms with Crippen molar-refractivity contribution in [2.24, 2.45) is 40.9 Å². The van der Waals surface area contributed by atoms with E-state index in [1.54, 1.807) is 0 Å². The molecule has 0 N–H and O–H groups in total. The van der Waals surface area contributed by atoms with Gasteiger partial charge in [0.2, 0.25) is 0 Å². The van der Waals surface area contributed by atoms with Crippen LogP contribution in [0.5, 0.6) is 0 Å². The van der Waals surface area contributed by atoms with Gasteiger partial charge in [0.25, 0.3) is 0 Å². The SMILES string of the molecule is CCCCC(C(C)CC)C1C(C)C1(C)C(C)C(C)CC. The maximum Gasteiger partial charge on any atom is -0.0235 e. The number of rotatable bonds is 9. The Kier molecular flexibility index (Phi) is 6.61. The highest BCUT2D eigenvalue weighted by Gasteiger charge is 2.63. The molecule has 1 saturated carbocycles. The van der Waals surface area contributed by atoms with Gasteiger partial charge in [0.05, 0.1) is 0 Å². The molecule has 7 atom stereocenters. The first-order valence-electron chi connectivity index (χ1n) is 9.35. The number of unbranched alkanes of at least 4 members (excludes halogenated alkanes) is 1. The molecule has 7 unspecified atom stereocenters. The molecule has 0 aromatic carbocycles. The molecule has 1 aliphatic carbocycles. The van der Waals surface area contributed by atoms with Crippen LogP contribution in [0.2, 0.25) is 0 Å². The van der Waals surface area contributed by atoms with Crippen molar-refractivity contribution in [1.82, 2.24) is 0 Å². The normalized spacial score (nSPS) is 35.4. The lowest BCUT2D eigenvalue weighted by Crippen LogP contribution is -2.24. The molecule has 1 fully saturated rings. The van der Waals surface area contributed by atoms with Gasteiger partial charge >= 0.3 is 0 Å². The van der Waals surface area contributed by atoms with Crippen LogP contribution in [0.4, 0.5) is 0 Å². The van der Waals surface area contributed by atoms with Gasteiger partial charge < -0.3 is 0 Å². The molecule has 0 aromatic rings. The highest BCUT2D eigenvalue weighted by atomic mass is 14.7. The monoisotopic (exact) mass is 280 g/mol. The van der Waals surface area contributed by atoms with Crippen LogP contribution >= 0.6 is 0 Å². The van der Waals surface area contributed by atoms with Gasteiger partial charge in [-0.15, -0.1) is 0 Å². The Hall–Kier alpha value is 0. The van der Waals surface area contributed by atoms with E-state index in [9.17, 15) is 0 Å². The predicted molar refractivity (Wildman–Crippen MR) is 91.9 cm³/mol. The fourth-order valence-corrected chi connectivity index (χ4v) is 4.87. The summed E-state index contributed by atoms with van der Waals surface area (Å²) < 4.78 is 0. The molecule has 0 heteroatoms. The second-order valence-electron chi connectivity index (χ2n) is 8.05. The fourth-order valence-electron chi connectivity index (χ4n) is 4.87. The van der Waals surface area contributed by atoms with Crippen molar-refractivity contribution in [3.8, 4) is 0 Å². The van der Waals surface area contributed by atoms with Gasteiger partial charge in [-0.2, -0.15) is 0 Å². The third-order valence-electron chi connectivity index (χ3n) is 7.33. The summed E-state index contributed by atoms with van der Waals surface area (Å²) in [5.74, 6) is 5.53. The Morgan fingerprint density at radius 3 is 1.95 bits per heavy atom. The average molecular weight is 281 g/mol. The fraction of sp³-hybridized carbons (Fsp3) is 1.00. The standard InChI is InChI=1S/C20H40/c1-9-12-13-18(15(5)11-3)19-17(7)20(19,8)16(6)14(4)10-2/h14-19H,9-13H2,1-8H3. The molecule has 0 bridgehead atoms. The van der Waals surface area contributed by atoms with E-state index in [0.717, 1.165) is 35.5 Å². The van der Waals surface area contributed by atoms with E-state index in [1.807, 2.05) is 0 Å². The van der Waals surface area contributed by atoms with Crippen molar-refractivity contribution in [3.63, 3.8) is 0 Å². The number of hydrogen-bond acceptors (Lipinski definition) is 0. The van der Waals surface area contributed by atoms with Crippen molar-refractivity contribution in [2.75, 3.05) is 0 Å². The smallest absolute Gasteiger partial charge is 0.0235 e. The molecule has 1 rings (SSSR count). The second kappa shape index (κ2) is 7.32. The molecular weight excluding hydrogens is 240 g/mol. The first-order valence-corrected chi connectivity index (χ1v) is 9.35. The van der Waals surface area contributed by atoms with Gasteiger partial charge in [-0.05, 0) is 47.3 Å². The minimum Gasteiger partial charge on any atom is -0.0654 e. The largest absolute Gasteiger partial charge is 0.0654 e. The third kappa shape index (κ3) is 3.25.